The zero-order chi connectivity index (χ0) is 18.8. The van der Waals surface area contributed by atoms with Crippen LogP contribution in [0.1, 0.15) is 15.9 Å². The number of hydrogen-bond donors (Lipinski definition) is 1. The molecule has 0 bridgehead atoms. The van der Waals surface area contributed by atoms with Gasteiger partial charge in [0.2, 0.25) is 0 Å². The van der Waals surface area contributed by atoms with Crippen LogP contribution in [-0.2, 0) is 6.54 Å². The molecular weight excluding hydrogens is 336 g/mol. The van der Waals surface area contributed by atoms with Gasteiger partial charge >= 0.3 is 5.97 Å². The van der Waals surface area contributed by atoms with E-state index in [4.69, 9.17) is 0 Å². The monoisotopic (exact) mass is 360 g/mol. The lowest BCUT2D eigenvalue weighted by Crippen LogP contribution is -2.43. The molecule has 1 saturated heterocycles. The fourth-order valence-electron chi connectivity index (χ4n) is 3.80. The van der Waals surface area contributed by atoms with E-state index in [1.165, 1.54) is 5.56 Å². The van der Waals surface area contributed by atoms with Gasteiger partial charge in [-0.3, -0.25) is 4.90 Å². The number of aromatic carboxylic acids is 1. The minimum absolute atomic E-state index is 0.348. The van der Waals surface area contributed by atoms with Crippen molar-refractivity contribution in [2.24, 2.45) is 0 Å². The van der Waals surface area contributed by atoms with E-state index in [2.05, 4.69) is 47.2 Å². The van der Waals surface area contributed by atoms with Crippen molar-refractivity contribution in [3.05, 3.63) is 71.8 Å². The molecule has 3 aromatic rings. The lowest BCUT2D eigenvalue weighted by Gasteiger charge is -2.32. The number of carbonyl (C=O) groups is 1. The predicted molar refractivity (Wildman–Crippen MR) is 109 cm³/mol. The molecule has 3 aromatic carbocycles. The van der Waals surface area contributed by atoms with Gasteiger partial charge in [0.15, 0.2) is 0 Å². The van der Waals surface area contributed by atoms with Gasteiger partial charge < -0.3 is 10.0 Å². The lowest BCUT2D eigenvalue weighted by atomic mass is 9.95. The lowest BCUT2D eigenvalue weighted by molar-refractivity contribution is 0.0699. The maximum atomic E-state index is 11.5. The van der Waals surface area contributed by atoms with E-state index in [1.807, 2.05) is 24.3 Å². The van der Waals surface area contributed by atoms with E-state index in [0.29, 0.717) is 5.56 Å². The van der Waals surface area contributed by atoms with Crippen LogP contribution in [0, 0.1) is 0 Å². The Bertz CT molecular complexity index is 958. The third-order valence-electron chi connectivity index (χ3n) is 5.42. The van der Waals surface area contributed by atoms with Crippen molar-refractivity contribution in [3.63, 3.8) is 0 Å². The summed E-state index contributed by atoms with van der Waals surface area (Å²) >= 11 is 0. The first-order valence-corrected chi connectivity index (χ1v) is 9.37. The van der Waals surface area contributed by atoms with Crippen LogP contribution in [0.5, 0.6) is 0 Å². The van der Waals surface area contributed by atoms with Gasteiger partial charge in [-0.2, -0.15) is 0 Å². The number of nitrogens with zero attached hydrogens (tertiary/aromatic N) is 2. The van der Waals surface area contributed by atoms with Gasteiger partial charge in [-0.1, -0.05) is 54.6 Å². The van der Waals surface area contributed by atoms with Crippen molar-refractivity contribution in [1.29, 1.82) is 0 Å². The second kappa shape index (κ2) is 7.51. The fraction of sp³-hybridized carbons (Fsp3) is 0.261. The molecule has 0 atom stereocenters. The van der Waals surface area contributed by atoms with Crippen molar-refractivity contribution < 1.29 is 9.90 Å². The molecule has 1 aliphatic rings. The molecular formula is C23H24N2O2. The molecule has 1 heterocycles. The molecule has 0 radical (unpaired) electrons. The summed E-state index contributed by atoms with van der Waals surface area (Å²) in [6, 6.07) is 20.0. The van der Waals surface area contributed by atoms with Gasteiger partial charge in [0.1, 0.15) is 0 Å². The molecule has 0 amide bonds. The van der Waals surface area contributed by atoms with E-state index >= 15 is 0 Å². The smallest absolute Gasteiger partial charge is 0.336 e. The van der Waals surface area contributed by atoms with Crippen molar-refractivity contribution in [1.82, 2.24) is 9.80 Å². The standard InChI is InChI=1S/C23H24N2O2/c1-24-12-14-25(15-13-24)16-17-8-10-18(11-9-17)19-4-2-6-21-20(19)5-3-7-22(21)23(26)27/h2-11H,12-16H2,1H3,(H,26,27). The molecule has 4 nitrogen and oxygen atoms in total. The van der Waals surface area contributed by atoms with Crippen molar-refractivity contribution >= 4 is 16.7 Å². The third-order valence-corrected chi connectivity index (χ3v) is 5.42. The summed E-state index contributed by atoms with van der Waals surface area (Å²) in [5, 5.41) is 11.2. The first-order valence-electron chi connectivity index (χ1n) is 9.37. The van der Waals surface area contributed by atoms with Crippen LogP contribution in [0.2, 0.25) is 0 Å². The zero-order valence-electron chi connectivity index (χ0n) is 15.6. The highest BCUT2D eigenvalue weighted by atomic mass is 16.4. The predicted octanol–water partition coefficient (Wildman–Crippen LogP) is 3.95. The Morgan fingerprint density at radius 2 is 1.56 bits per heavy atom. The van der Waals surface area contributed by atoms with Crippen molar-refractivity contribution in [2.75, 3.05) is 33.2 Å². The fourth-order valence-corrected chi connectivity index (χ4v) is 3.80. The summed E-state index contributed by atoms with van der Waals surface area (Å²) in [6.45, 7) is 5.45. The zero-order valence-corrected chi connectivity index (χ0v) is 15.6. The Labute approximate surface area is 159 Å². The highest BCUT2D eigenvalue weighted by Crippen LogP contribution is 2.30. The first-order chi connectivity index (χ1) is 13.1. The number of piperazine rings is 1. The molecule has 0 unspecified atom stereocenters. The number of carboxylic acid groups (broad SMARTS) is 1. The summed E-state index contributed by atoms with van der Waals surface area (Å²) in [5.74, 6) is -0.889. The normalized spacial score (nSPS) is 15.9. The maximum absolute atomic E-state index is 11.5. The average molecular weight is 360 g/mol. The Balaban J connectivity index is 1.61. The van der Waals surface area contributed by atoms with Crippen LogP contribution < -0.4 is 0 Å². The molecule has 0 aliphatic carbocycles. The van der Waals surface area contributed by atoms with E-state index < -0.39 is 5.97 Å². The SMILES string of the molecule is CN1CCN(Cc2ccc(-c3cccc4c(C(=O)O)cccc34)cc2)CC1. The number of likely N-dealkylation sites (N-methyl/N-ethyl adjacent to an activating group) is 1. The minimum Gasteiger partial charge on any atom is -0.478 e. The molecule has 138 valence electrons. The molecule has 4 heteroatoms. The summed E-state index contributed by atoms with van der Waals surface area (Å²) in [5.41, 5.74) is 3.85. The molecule has 0 spiro atoms. The van der Waals surface area contributed by atoms with Crippen LogP contribution in [0.3, 0.4) is 0 Å². The topological polar surface area (TPSA) is 43.8 Å². The van der Waals surface area contributed by atoms with Crippen LogP contribution >= 0.6 is 0 Å². The number of hydrogen-bond acceptors (Lipinski definition) is 3. The van der Waals surface area contributed by atoms with Gasteiger partial charge in [-0.25, -0.2) is 4.79 Å². The second-order valence-corrected chi connectivity index (χ2v) is 7.29. The molecule has 1 N–H and O–H groups in total. The molecule has 1 aliphatic heterocycles. The molecule has 4 rings (SSSR count). The Kier molecular flexibility index (Phi) is 4.92. The van der Waals surface area contributed by atoms with Gasteiger partial charge in [0, 0.05) is 32.7 Å². The summed E-state index contributed by atoms with van der Waals surface area (Å²) in [6.07, 6.45) is 0. The molecule has 0 saturated carbocycles. The minimum atomic E-state index is -0.889. The number of benzene rings is 3. The van der Waals surface area contributed by atoms with Gasteiger partial charge in [-0.15, -0.1) is 0 Å². The number of carboxylic acids is 1. The van der Waals surface area contributed by atoms with E-state index in [0.717, 1.165) is 54.6 Å². The van der Waals surface area contributed by atoms with Crippen molar-refractivity contribution in [2.45, 2.75) is 6.54 Å². The summed E-state index contributed by atoms with van der Waals surface area (Å²) < 4.78 is 0. The third kappa shape index (κ3) is 3.72. The molecule has 1 fully saturated rings. The largest absolute Gasteiger partial charge is 0.478 e. The van der Waals surface area contributed by atoms with Gasteiger partial charge in [0.25, 0.3) is 0 Å². The molecule has 0 aromatic heterocycles. The highest BCUT2D eigenvalue weighted by molar-refractivity contribution is 6.08. The van der Waals surface area contributed by atoms with Crippen molar-refractivity contribution in [3.8, 4) is 11.1 Å². The number of rotatable bonds is 4. The van der Waals surface area contributed by atoms with E-state index in [1.54, 1.807) is 6.07 Å². The highest BCUT2D eigenvalue weighted by Gasteiger charge is 2.14. The summed E-state index contributed by atoms with van der Waals surface area (Å²) in [4.78, 5) is 16.4. The second-order valence-electron chi connectivity index (χ2n) is 7.29. The Hall–Kier alpha value is -2.69. The average Bonchev–Trinajstić information content (AvgIpc) is 2.69. The van der Waals surface area contributed by atoms with Crippen LogP contribution in [0.4, 0.5) is 0 Å². The first kappa shape index (κ1) is 17.7. The van der Waals surface area contributed by atoms with Gasteiger partial charge in [0.05, 0.1) is 5.56 Å². The van der Waals surface area contributed by atoms with Crippen LogP contribution in [0.15, 0.2) is 60.7 Å². The van der Waals surface area contributed by atoms with Crippen LogP contribution in [-0.4, -0.2) is 54.1 Å². The summed E-state index contributed by atoms with van der Waals surface area (Å²) in [7, 11) is 2.17. The Morgan fingerprint density at radius 1 is 0.889 bits per heavy atom. The maximum Gasteiger partial charge on any atom is 0.336 e. The van der Waals surface area contributed by atoms with E-state index in [9.17, 15) is 9.90 Å². The quantitative estimate of drug-likeness (QED) is 0.765. The van der Waals surface area contributed by atoms with E-state index in [-0.39, 0.29) is 0 Å². The van der Waals surface area contributed by atoms with Crippen LogP contribution in [0.25, 0.3) is 21.9 Å². The molecule has 27 heavy (non-hydrogen) atoms. The Morgan fingerprint density at radius 3 is 2.26 bits per heavy atom. The number of fused-ring (bicyclic) bond motifs is 1. The van der Waals surface area contributed by atoms with Gasteiger partial charge in [-0.05, 0) is 40.6 Å².